The van der Waals surface area contributed by atoms with Crippen molar-refractivity contribution in [1.29, 1.82) is 0 Å². The molecule has 1 saturated heterocycles. The van der Waals surface area contributed by atoms with Gasteiger partial charge in [0.15, 0.2) is 0 Å². The van der Waals surface area contributed by atoms with Gasteiger partial charge in [-0.05, 0) is 38.9 Å². The van der Waals surface area contributed by atoms with Crippen molar-refractivity contribution in [2.24, 2.45) is 0 Å². The van der Waals surface area contributed by atoms with Crippen LogP contribution < -0.4 is 5.32 Å². The normalized spacial score (nSPS) is 18.4. The van der Waals surface area contributed by atoms with E-state index in [-0.39, 0.29) is 11.5 Å². The molecule has 19 heavy (non-hydrogen) atoms. The number of rotatable bonds is 5. The summed E-state index contributed by atoms with van der Waals surface area (Å²) >= 11 is 0. The number of hydrogen-bond acceptors (Lipinski definition) is 4. The quantitative estimate of drug-likeness (QED) is 0.762. The Hall–Kier alpha value is -1.26. The van der Waals surface area contributed by atoms with E-state index in [0.29, 0.717) is 12.6 Å². The molecule has 1 heterocycles. The van der Waals surface area contributed by atoms with E-state index in [1.54, 1.807) is 12.1 Å². The van der Waals surface area contributed by atoms with Crippen LogP contribution in [-0.4, -0.2) is 40.8 Å². The van der Waals surface area contributed by atoms with Gasteiger partial charge in [0.1, 0.15) is 11.5 Å². The second-order valence-electron chi connectivity index (χ2n) is 5.39. The maximum Gasteiger partial charge on any atom is 0.123 e. The van der Waals surface area contributed by atoms with E-state index in [4.69, 9.17) is 0 Å². The standard InChI is InChI=1S/C15H24N2O2/c1-12(17-7-3-2-4-8-17)10-16-11-13-5-6-14(18)9-15(13)19/h5-6,9,12,16,18-19H,2-4,7-8,10-11H2,1H3. The highest BCUT2D eigenvalue weighted by atomic mass is 16.3. The predicted molar refractivity (Wildman–Crippen MR) is 76.4 cm³/mol. The fraction of sp³-hybridized carbons (Fsp3) is 0.600. The lowest BCUT2D eigenvalue weighted by atomic mass is 10.1. The second-order valence-corrected chi connectivity index (χ2v) is 5.39. The summed E-state index contributed by atoms with van der Waals surface area (Å²) in [5.41, 5.74) is 0.823. The zero-order chi connectivity index (χ0) is 13.7. The summed E-state index contributed by atoms with van der Waals surface area (Å²) in [4.78, 5) is 2.52. The molecular formula is C15H24N2O2. The van der Waals surface area contributed by atoms with E-state index >= 15 is 0 Å². The number of phenolic OH excluding ortho intramolecular Hbond substituents is 2. The summed E-state index contributed by atoms with van der Waals surface area (Å²) in [5, 5.41) is 22.3. The van der Waals surface area contributed by atoms with Crippen LogP contribution in [0.5, 0.6) is 11.5 Å². The van der Waals surface area contributed by atoms with Gasteiger partial charge in [-0.1, -0.05) is 12.5 Å². The first-order valence-electron chi connectivity index (χ1n) is 7.12. The van der Waals surface area contributed by atoms with E-state index in [1.807, 2.05) is 0 Å². The second kappa shape index (κ2) is 6.78. The lowest BCUT2D eigenvalue weighted by Gasteiger charge is -2.32. The third-order valence-corrected chi connectivity index (χ3v) is 3.84. The van der Waals surface area contributed by atoms with E-state index in [1.165, 1.54) is 38.4 Å². The molecule has 0 saturated carbocycles. The molecule has 4 heteroatoms. The smallest absolute Gasteiger partial charge is 0.123 e. The molecule has 0 spiro atoms. The van der Waals surface area contributed by atoms with Crippen LogP contribution in [0.2, 0.25) is 0 Å². The molecule has 1 aliphatic rings. The van der Waals surface area contributed by atoms with Crippen molar-refractivity contribution < 1.29 is 10.2 Å². The number of nitrogens with one attached hydrogen (secondary N) is 1. The molecule has 0 radical (unpaired) electrons. The highest BCUT2D eigenvalue weighted by Crippen LogP contribution is 2.22. The Morgan fingerprint density at radius 1 is 1.21 bits per heavy atom. The molecule has 0 aliphatic carbocycles. The lowest BCUT2D eigenvalue weighted by Crippen LogP contribution is -2.42. The van der Waals surface area contributed by atoms with E-state index in [2.05, 4.69) is 17.1 Å². The van der Waals surface area contributed by atoms with Crippen molar-refractivity contribution in [3.63, 3.8) is 0 Å². The summed E-state index contributed by atoms with van der Waals surface area (Å²) in [6.07, 6.45) is 3.98. The third kappa shape index (κ3) is 4.11. The van der Waals surface area contributed by atoms with Gasteiger partial charge in [-0.2, -0.15) is 0 Å². The minimum Gasteiger partial charge on any atom is -0.508 e. The topological polar surface area (TPSA) is 55.7 Å². The molecular weight excluding hydrogens is 240 g/mol. The highest BCUT2D eigenvalue weighted by Gasteiger charge is 2.16. The summed E-state index contributed by atoms with van der Waals surface area (Å²) in [6, 6.07) is 5.26. The first kappa shape index (κ1) is 14.2. The van der Waals surface area contributed by atoms with Gasteiger partial charge in [-0.3, -0.25) is 4.90 Å². The summed E-state index contributed by atoms with van der Waals surface area (Å²) < 4.78 is 0. The van der Waals surface area contributed by atoms with E-state index in [0.717, 1.165) is 12.1 Å². The van der Waals surface area contributed by atoms with E-state index in [9.17, 15) is 10.2 Å². The number of piperidine rings is 1. The maximum atomic E-state index is 9.69. The maximum absolute atomic E-state index is 9.69. The number of phenols is 2. The largest absolute Gasteiger partial charge is 0.508 e. The minimum atomic E-state index is 0.0999. The monoisotopic (exact) mass is 264 g/mol. The molecule has 1 atom stereocenters. The summed E-state index contributed by atoms with van der Waals surface area (Å²) in [6.45, 7) is 6.19. The van der Waals surface area contributed by atoms with Gasteiger partial charge in [0.25, 0.3) is 0 Å². The van der Waals surface area contributed by atoms with Crippen LogP contribution in [0.3, 0.4) is 0 Å². The molecule has 1 fully saturated rings. The van der Waals surface area contributed by atoms with Crippen LogP contribution in [0.25, 0.3) is 0 Å². The Bertz CT molecular complexity index is 403. The van der Waals surface area contributed by atoms with Crippen LogP contribution in [0.1, 0.15) is 31.7 Å². The SMILES string of the molecule is CC(CNCc1ccc(O)cc1O)N1CCCCC1. The minimum absolute atomic E-state index is 0.0999. The highest BCUT2D eigenvalue weighted by molar-refractivity contribution is 5.38. The Morgan fingerprint density at radius 3 is 2.63 bits per heavy atom. The van der Waals surface area contributed by atoms with Crippen molar-refractivity contribution in [2.75, 3.05) is 19.6 Å². The van der Waals surface area contributed by atoms with Crippen molar-refractivity contribution in [1.82, 2.24) is 10.2 Å². The molecule has 1 aromatic carbocycles. The van der Waals surface area contributed by atoms with Crippen LogP contribution in [0.15, 0.2) is 18.2 Å². The summed E-state index contributed by atoms with van der Waals surface area (Å²) in [5.74, 6) is 0.251. The predicted octanol–water partition coefficient (Wildman–Crippen LogP) is 2.06. The number of likely N-dealkylation sites (tertiary alicyclic amines) is 1. The molecule has 0 amide bonds. The average Bonchev–Trinajstić information content (AvgIpc) is 2.42. The molecule has 1 aromatic rings. The van der Waals surface area contributed by atoms with Crippen LogP contribution in [-0.2, 0) is 6.54 Å². The fourth-order valence-electron chi connectivity index (χ4n) is 2.61. The molecule has 4 nitrogen and oxygen atoms in total. The van der Waals surface area contributed by atoms with Gasteiger partial charge in [0.05, 0.1) is 0 Å². The number of nitrogens with zero attached hydrogens (tertiary/aromatic N) is 1. The van der Waals surface area contributed by atoms with Gasteiger partial charge in [-0.15, -0.1) is 0 Å². The first-order valence-corrected chi connectivity index (χ1v) is 7.12. The van der Waals surface area contributed by atoms with Gasteiger partial charge < -0.3 is 15.5 Å². The fourth-order valence-corrected chi connectivity index (χ4v) is 2.61. The van der Waals surface area contributed by atoms with Gasteiger partial charge in [-0.25, -0.2) is 0 Å². The Morgan fingerprint density at radius 2 is 1.95 bits per heavy atom. The Balaban J connectivity index is 1.76. The lowest BCUT2D eigenvalue weighted by molar-refractivity contribution is 0.170. The molecule has 2 rings (SSSR count). The Labute approximate surface area is 115 Å². The number of hydrogen-bond donors (Lipinski definition) is 3. The molecule has 106 valence electrons. The van der Waals surface area contributed by atoms with Crippen molar-refractivity contribution in [3.05, 3.63) is 23.8 Å². The summed E-state index contributed by atoms with van der Waals surface area (Å²) in [7, 11) is 0. The third-order valence-electron chi connectivity index (χ3n) is 3.84. The van der Waals surface area contributed by atoms with Gasteiger partial charge in [0, 0.05) is 30.8 Å². The Kier molecular flexibility index (Phi) is 5.05. The van der Waals surface area contributed by atoms with Gasteiger partial charge >= 0.3 is 0 Å². The molecule has 0 aromatic heterocycles. The molecule has 1 aliphatic heterocycles. The zero-order valence-electron chi connectivity index (χ0n) is 11.6. The van der Waals surface area contributed by atoms with Crippen molar-refractivity contribution in [3.8, 4) is 11.5 Å². The number of benzene rings is 1. The van der Waals surface area contributed by atoms with Crippen LogP contribution >= 0.6 is 0 Å². The zero-order valence-corrected chi connectivity index (χ0v) is 11.6. The van der Waals surface area contributed by atoms with E-state index < -0.39 is 0 Å². The molecule has 3 N–H and O–H groups in total. The number of aromatic hydroxyl groups is 2. The molecule has 0 bridgehead atoms. The van der Waals surface area contributed by atoms with Crippen LogP contribution in [0, 0.1) is 0 Å². The van der Waals surface area contributed by atoms with Crippen LogP contribution in [0.4, 0.5) is 0 Å². The van der Waals surface area contributed by atoms with Crippen molar-refractivity contribution in [2.45, 2.75) is 38.8 Å². The first-order chi connectivity index (χ1) is 9.16. The average molecular weight is 264 g/mol. The van der Waals surface area contributed by atoms with Gasteiger partial charge in [0.2, 0.25) is 0 Å². The van der Waals surface area contributed by atoms with Crippen molar-refractivity contribution >= 4 is 0 Å². The molecule has 1 unspecified atom stereocenters.